The minimum absolute atomic E-state index is 0.0549. The molecule has 7 heteroatoms. The maximum absolute atomic E-state index is 12.8. The quantitative estimate of drug-likeness (QED) is 0.831. The summed E-state index contributed by atoms with van der Waals surface area (Å²) in [6.07, 6.45) is 1.44. The van der Waals surface area contributed by atoms with Crippen LogP contribution in [0.4, 0.5) is 0 Å². The van der Waals surface area contributed by atoms with E-state index >= 15 is 0 Å². The molecule has 1 amide bonds. The van der Waals surface area contributed by atoms with Crippen LogP contribution >= 0.6 is 0 Å². The third kappa shape index (κ3) is 4.78. The van der Waals surface area contributed by atoms with E-state index in [-0.39, 0.29) is 18.4 Å². The summed E-state index contributed by atoms with van der Waals surface area (Å²) >= 11 is 0. The van der Waals surface area contributed by atoms with E-state index in [1.54, 1.807) is 24.3 Å². The zero-order valence-corrected chi connectivity index (χ0v) is 15.5. The molecule has 0 saturated carbocycles. The molecular formula is C17H27N3O3S. The number of hydrogen-bond donors (Lipinski definition) is 1. The molecule has 0 aliphatic carbocycles. The number of amides is 1. The van der Waals surface area contributed by atoms with Gasteiger partial charge in [0.05, 0.1) is 10.8 Å². The molecule has 1 aromatic rings. The monoisotopic (exact) mass is 353 g/mol. The second kappa shape index (κ2) is 8.09. The summed E-state index contributed by atoms with van der Waals surface area (Å²) in [5.41, 5.74) is 1.02. The van der Waals surface area contributed by atoms with E-state index in [1.165, 1.54) is 4.31 Å². The fraction of sp³-hybridized carbons (Fsp3) is 0.588. The van der Waals surface area contributed by atoms with Crippen LogP contribution in [0.15, 0.2) is 29.2 Å². The first-order valence-electron chi connectivity index (χ1n) is 8.30. The molecule has 134 valence electrons. The Kier molecular flexibility index (Phi) is 6.37. The average molecular weight is 353 g/mol. The Morgan fingerprint density at radius 3 is 2.58 bits per heavy atom. The van der Waals surface area contributed by atoms with Crippen molar-refractivity contribution in [1.82, 2.24) is 14.5 Å². The van der Waals surface area contributed by atoms with E-state index in [2.05, 4.69) is 5.32 Å². The second-order valence-electron chi connectivity index (χ2n) is 6.61. The Morgan fingerprint density at radius 2 is 1.96 bits per heavy atom. The summed E-state index contributed by atoms with van der Waals surface area (Å²) in [5.74, 6) is -0.332. The molecule has 0 radical (unpaired) electrons. The van der Waals surface area contributed by atoms with Crippen molar-refractivity contribution in [1.29, 1.82) is 0 Å². The lowest BCUT2D eigenvalue weighted by molar-refractivity contribution is -0.126. The average Bonchev–Trinajstić information content (AvgIpc) is 2.55. The van der Waals surface area contributed by atoms with Crippen LogP contribution in [0.5, 0.6) is 0 Å². The third-order valence-electron chi connectivity index (χ3n) is 4.27. The van der Waals surface area contributed by atoms with E-state index in [9.17, 15) is 13.2 Å². The fourth-order valence-electron chi connectivity index (χ4n) is 2.78. The number of hydrogen-bond acceptors (Lipinski definition) is 4. The number of nitrogens with one attached hydrogen (secondary N) is 1. The van der Waals surface area contributed by atoms with Crippen molar-refractivity contribution in [2.75, 3.05) is 40.3 Å². The number of nitrogens with zero attached hydrogens (tertiary/aromatic N) is 2. The number of rotatable bonds is 6. The molecule has 0 spiro atoms. The lowest BCUT2D eigenvalue weighted by Crippen LogP contribution is -2.46. The summed E-state index contributed by atoms with van der Waals surface area (Å²) < 4.78 is 27.0. The van der Waals surface area contributed by atoms with Crippen molar-refractivity contribution in [3.05, 3.63) is 29.8 Å². The van der Waals surface area contributed by atoms with E-state index in [1.807, 2.05) is 25.9 Å². The van der Waals surface area contributed by atoms with Gasteiger partial charge in [-0.1, -0.05) is 17.7 Å². The molecule has 1 aliphatic heterocycles. The number of benzene rings is 1. The summed E-state index contributed by atoms with van der Waals surface area (Å²) in [7, 11) is 0.360. The lowest BCUT2D eigenvalue weighted by Gasteiger charge is -2.31. The predicted octanol–water partition coefficient (Wildman–Crippen LogP) is 1.07. The van der Waals surface area contributed by atoms with Gasteiger partial charge in [-0.05, 0) is 46.0 Å². The van der Waals surface area contributed by atoms with Crippen LogP contribution in [-0.4, -0.2) is 63.8 Å². The first kappa shape index (κ1) is 18.9. The van der Waals surface area contributed by atoms with Crippen molar-refractivity contribution in [2.45, 2.75) is 24.7 Å². The largest absolute Gasteiger partial charge is 0.355 e. The first-order valence-corrected chi connectivity index (χ1v) is 9.74. The number of carbonyl (C=O) groups excluding carboxylic acids is 1. The Bertz CT molecular complexity index is 656. The van der Waals surface area contributed by atoms with Gasteiger partial charge in [-0.15, -0.1) is 0 Å². The number of likely N-dealkylation sites (N-methyl/N-ethyl adjacent to an activating group) is 1. The zero-order chi connectivity index (χ0) is 17.7. The molecule has 1 fully saturated rings. The predicted molar refractivity (Wildman–Crippen MR) is 94.2 cm³/mol. The zero-order valence-electron chi connectivity index (χ0n) is 14.7. The summed E-state index contributed by atoms with van der Waals surface area (Å²) in [6, 6.07) is 6.85. The molecular weight excluding hydrogens is 326 g/mol. The van der Waals surface area contributed by atoms with Crippen molar-refractivity contribution < 1.29 is 13.2 Å². The lowest BCUT2D eigenvalue weighted by atomic mass is 9.99. The highest BCUT2D eigenvalue weighted by molar-refractivity contribution is 7.89. The molecule has 6 nitrogen and oxygen atoms in total. The molecule has 1 heterocycles. The maximum atomic E-state index is 12.8. The number of piperidine rings is 1. The van der Waals surface area contributed by atoms with Crippen molar-refractivity contribution >= 4 is 15.9 Å². The van der Waals surface area contributed by atoms with E-state index in [0.717, 1.165) is 18.5 Å². The second-order valence-corrected chi connectivity index (χ2v) is 8.55. The minimum atomic E-state index is -3.53. The summed E-state index contributed by atoms with van der Waals surface area (Å²) in [6.45, 7) is 3.99. The Labute approximate surface area is 144 Å². The molecule has 1 N–H and O–H groups in total. The van der Waals surface area contributed by atoms with Gasteiger partial charge >= 0.3 is 0 Å². The molecule has 1 aliphatic rings. The fourth-order valence-corrected chi connectivity index (χ4v) is 4.30. The third-order valence-corrected chi connectivity index (χ3v) is 6.15. The van der Waals surface area contributed by atoms with Gasteiger partial charge < -0.3 is 10.2 Å². The number of aryl methyl sites for hydroxylation is 1. The SMILES string of the molecule is Cc1ccc(S(=O)(=O)N2CCCC(C(=O)NCCN(C)C)C2)cc1. The molecule has 1 atom stereocenters. The topological polar surface area (TPSA) is 69.7 Å². The summed E-state index contributed by atoms with van der Waals surface area (Å²) in [4.78, 5) is 14.6. The van der Waals surface area contributed by atoms with Crippen LogP contribution in [-0.2, 0) is 14.8 Å². The van der Waals surface area contributed by atoms with E-state index in [4.69, 9.17) is 0 Å². The van der Waals surface area contributed by atoms with Crippen molar-refractivity contribution in [2.24, 2.45) is 5.92 Å². The highest BCUT2D eigenvalue weighted by Crippen LogP contribution is 2.24. The van der Waals surface area contributed by atoms with Crippen LogP contribution in [0.2, 0.25) is 0 Å². The van der Waals surface area contributed by atoms with E-state index < -0.39 is 10.0 Å². The summed E-state index contributed by atoms with van der Waals surface area (Å²) in [5, 5.41) is 2.90. The Balaban J connectivity index is 2.01. The highest BCUT2D eigenvalue weighted by atomic mass is 32.2. The van der Waals surface area contributed by atoms with Gasteiger partial charge in [0.2, 0.25) is 15.9 Å². The minimum Gasteiger partial charge on any atom is -0.355 e. The molecule has 0 aromatic heterocycles. The Morgan fingerprint density at radius 1 is 1.29 bits per heavy atom. The van der Waals surface area contributed by atoms with Crippen molar-refractivity contribution in [3.63, 3.8) is 0 Å². The smallest absolute Gasteiger partial charge is 0.243 e. The van der Waals surface area contributed by atoms with E-state index in [0.29, 0.717) is 24.4 Å². The van der Waals surface area contributed by atoms with Gasteiger partial charge in [-0.2, -0.15) is 4.31 Å². The molecule has 0 bridgehead atoms. The van der Waals surface area contributed by atoms with Gasteiger partial charge in [-0.3, -0.25) is 4.79 Å². The standard InChI is InChI=1S/C17H27N3O3S/c1-14-6-8-16(9-7-14)24(22,23)20-11-4-5-15(13-20)17(21)18-10-12-19(2)3/h6-9,15H,4-5,10-13H2,1-3H3,(H,18,21). The maximum Gasteiger partial charge on any atom is 0.243 e. The van der Waals surface area contributed by atoms with Crippen LogP contribution in [0.1, 0.15) is 18.4 Å². The van der Waals surface area contributed by atoms with Crippen LogP contribution in [0.25, 0.3) is 0 Å². The number of sulfonamides is 1. The Hall–Kier alpha value is -1.44. The van der Waals surface area contributed by atoms with Crippen LogP contribution < -0.4 is 5.32 Å². The van der Waals surface area contributed by atoms with Crippen LogP contribution in [0.3, 0.4) is 0 Å². The molecule has 1 unspecified atom stereocenters. The highest BCUT2D eigenvalue weighted by Gasteiger charge is 2.33. The van der Waals surface area contributed by atoms with Gasteiger partial charge in [-0.25, -0.2) is 8.42 Å². The normalized spacial score (nSPS) is 19.4. The molecule has 1 aromatic carbocycles. The van der Waals surface area contributed by atoms with Gasteiger partial charge in [0.1, 0.15) is 0 Å². The molecule has 2 rings (SSSR count). The molecule has 1 saturated heterocycles. The first-order chi connectivity index (χ1) is 11.3. The number of carbonyl (C=O) groups is 1. The van der Waals surface area contributed by atoms with Gasteiger partial charge in [0.15, 0.2) is 0 Å². The van der Waals surface area contributed by atoms with Crippen LogP contribution in [0, 0.1) is 12.8 Å². The van der Waals surface area contributed by atoms with Gasteiger partial charge in [0.25, 0.3) is 0 Å². The van der Waals surface area contributed by atoms with Crippen molar-refractivity contribution in [3.8, 4) is 0 Å². The molecule has 24 heavy (non-hydrogen) atoms. The van der Waals surface area contributed by atoms with Gasteiger partial charge in [0, 0.05) is 26.2 Å².